The highest BCUT2D eigenvalue weighted by Gasteiger charge is 2.18. The first-order valence-corrected chi connectivity index (χ1v) is 8.73. The van der Waals surface area contributed by atoms with Crippen LogP contribution in [0.15, 0.2) is 35.2 Å². The van der Waals surface area contributed by atoms with Gasteiger partial charge >= 0.3 is 6.61 Å². The van der Waals surface area contributed by atoms with Gasteiger partial charge in [0.05, 0.1) is 31.3 Å². The Bertz CT molecular complexity index is 856. The molecule has 0 spiro atoms. The summed E-state index contributed by atoms with van der Waals surface area (Å²) in [6.45, 7) is -3.08. The van der Waals surface area contributed by atoms with Gasteiger partial charge in [0.1, 0.15) is 5.75 Å². The van der Waals surface area contributed by atoms with Crippen LogP contribution in [0.1, 0.15) is 0 Å². The zero-order valence-corrected chi connectivity index (χ0v) is 14.6. The lowest BCUT2D eigenvalue weighted by molar-refractivity contribution is -0.0498. The summed E-state index contributed by atoms with van der Waals surface area (Å²) in [5, 5.41) is -0.149. The molecule has 2 rings (SSSR count). The van der Waals surface area contributed by atoms with Crippen LogP contribution < -0.4 is 15.2 Å². The Morgan fingerprint density at radius 3 is 2.12 bits per heavy atom. The van der Waals surface area contributed by atoms with Crippen LogP contribution in [0.25, 0.3) is 0 Å². The van der Waals surface area contributed by atoms with Crippen molar-refractivity contribution in [3.63, 3.8) is 0 Å². The molecule has 2 aromatic carbocycles. The second kappa shape index (κ2) is 7.18. The van der Waals surface area contributed by atoms with Crippen molar-refractivity contribution in [1.82, 2.24) is 0 Å². The number of rotatable bonds is 5. The average molecular weight is 418 g/mol. The standard InChI is InChI=1S/C13H9Cl3F2N2O3S/c14-8-5-7(1-2-11(8)23-13(17)18)24(21,22)20-6-3-9(15)12(19)10(16)4-6/h1-5,13,20H,19H2. The van der Waals surface area contributed by atoms with Crippen LogP contribution in [0.2, 0.25) is 15.1 Å². The Hall–Kier alpha value is -1.48. The van der Waals surface area contributed by atoms with Crippen molar-refractivity contribution in [3.05, 3.63) is 45.4 Å². The lowest BCUT2D eigenvalue weighted by atomic mass is 10.3. The molecular formula is C13H9Cl3F2N2O3S. The van der Waals surface area contributed by atoms with Crippen molar-refractivity contribution in [2.24, 2.45) is 0 Å². The van der Waals surface area contributed by atoms with E-state index in [0.29, 0.717) is 0 Å². The number of alkyl halides is 2. The molecule has 0 amide bonds. The van der Waals surface area contributed by atoms with Crippen molar-refractivity contribution >= 4 is 56.2 Å². The van der Waals surface area contributed by atoms with Crippen LogP contribution >= 0.6 is 34.8 Å². The van der Waals surface area contributed by atoms with Gasteiger partial charge in [0.15, 0.2) is 0 Å². The number of ether oxygens (including phenoxy) is 1. The van der Waals surface area contributed by atoms with Gasteiger partial charge in [-0.05, 0) is 30.3 Å². The van der Waals surface area contributed by atoms with Crippen molar-refractivity contribution in [3.8, 4) is 5.75 Å². The molecule has 0 radical (unpaired) electrons. The first-order chi connectivity index (χ1) is 11.1. The third-order valence-corrected chi connectivity index (χ3v) is 5.06. The molecule has 0 bridgehead atoms. The summed E-state index contributed by atoms with van der Waals surface area (Å²) in [5.41, 5.74) is 5.75. The van der Waals surface area contributed by atoms with Gasteiger partial charge < -0.3 is 10.5 Å². The summed E-state index contributed by atoms with van der Waals surface area (Å²) in [5.74, 6) is -0.343. The highest BCUT2D eigenvalue weighted by atomic mass is 35.5. The van der Waals surface area contributed by atoms with Crippen LogP contribution in [0, 0.1) is 0 Å². The maximum absolute atomic E-state index is 12.3. The SMILES string of the molecule is Nc1c(Cl)cc(NS(=O)(=O)c2ccc(OC(F)F)c(Cl)c2)cc1Cl. The summed E-state index contributed by atoms with van der Waals surface area (Å²) in [6.07, 6.45) is 0. The summed E-state index contributed by atoms with van der Waals surface area (Å²) in [7, 11) is -4.06. The second-order valence-electron chi connectivity index (χ2n) is 4.43. The van der Waals surface area contributed by atoms with Crippen LogP contribution in [0.5, 0.6) is 5.75 Å². The molecule has 0 unspecified atom stereocenters. The molecule has 0 heterocycles. The van der Waals surface area contributed by atoms with Gasteiger partial charge in [-0.1, -0.05) is 34.8 Å². The molecule has 3 N–H and O–H groups in total. The molecule has 0 aromatic heterocycles. The van der Waals surface area contributed by atoms with Gasteiger partial charge in [-0.15, -0.1) is 0 Å². The van der Waals surface area contributed by atoms with E-state index in [1.165, 1.54) is 12.1 Å². The van der Waals surface area contributed by atoms with Crippen molar-refractivity contribution < 1.29 is 21.9 Å². The molecule has 11 heteroatoms. The van der Waals surface area contributed by atoms with E-state index in [1.54, 1.807) is 0 Å². The number of nitrogens with one attached hydrogen (secondary N) is 1. The normalized spacial score (nSPS) is 11.6. The number of hydrogen-bond acceptors (Lipinski definition) is 4. The summed E-state index contributed by atoms with van der Waals surface area (Å²) in [4.78, 5) is -0.266. The van der Waals surface area contributed by atoms with E-state index in [-0.39, 0.29) is 37.1 Å². The van der Waals surface area contributed by atoms with Crippen molar-refractivity contribution in [2.45, 2.75) is 11.5 Å². The number of halogens is 5. The number of hydrogen-bond donors (Lipinski definition) is 2. The molecule has 0 aliphatic rings. The number of anilines is 2. The Balaban J connectivity index is 2.32. The Morgan fingerprint density at radius 1 is 1.04 bits per heavy atom. The molecule has 130 valence electrons. The molecular weight excluding hydrogens is 409 g/mol. The predicted molar refractivity (Wildman–Crippen MR) is 89.8 cm³/mol. The van der Waals surface area contributed by atoms with Crippen LogP contribution in [-0.4, -0.2) is 15.0 Å². The fourth-order valence-electron chi connectivity index (χ4n) is 1.70. The maximum atomic E-state index is 12.3. The van der Waals surface area contributed by atoms with Gasteiger partial charge in [-0.25, -0.2) is 8.42 Å². The fourth-order valence-corrected chi connectivity index (χ4v) is 3.54. The molecule has 24 heavy (non-hydrogen) atoms. The molecule has 5 nitrogen and oxygen atoms in total. The maximum Gasteiger partial charge on any atom is 0.387 e. The lowest BCUT2D eigenvalue weighted by Gasteiger charge is -2.12. The van der Waals surface area contributed by atoms with E-state index in [2.05, 4.69) is 9.46 Å². The smallest absolute Gasteiger partial charge is 0.387 e. The van der Waals surface area contributed by atoms with Gasteiger partial charge in [0.2, 0.25) is 0 Å². The first-order valence-electron chi connectivity index (χ1n) is 6.12. The largest absolute Gasteiger partial charge is 0.433 e. The van der Waals surface area contributed by atoms with E-state index in [9.17, 15) is 17.2 Å². The van der Waals surface area contributed by atoms with Gasteiger partial charge in [0.25, 0.3) is 10.0 Å². The van der Waals surface area contributed by atoms with E-state index >= 15 is 0 Å². The van der Waals surface area contributed by atoms with Gasteiger partial charge in [-0.3, -0.25) is 4.72 Å². The van der Waals surface area contributed by atoms with Crippen molar-refractivity contribution in [1.29, 1.82) is 0 Å². The topological polar surface area (TPSA) is 81.4 Å². The number of benzene rings is 2. The Kier molecular flexibility index (Phi) is 5.64. The van der Waals surface area contributed by atoms with E-state index in [4.69, 9.17) is 40.5 Å². The quantitative estimate of drug-likeness (QED) is 0.695. The van der Waals surface area contributed by atoms with Gasteiger partial charge in [0, 0.05) is 0 Å². The molecule has 0 aliphatic carbocycles. The van der Waals surface area contributed by atoms with E-state index in [1.807, 2.05) is 0 Å². The predicted octanol–water partition coefficient (Wildman–Crippen LogP) is 4.63. The van der Waals surface area contributed by atoms with Crippen LogP contribution in [-0.2, 0) is 10.0 Å². The molecule has 0 aliphatic heterocycles. The highest BCUT2D eigenvalue weighted by Crippen LogP contribution is 2.33. The van der Waals surface area contributed by atoms with Crippen LogP contribution in [0.3, 0.4) is 0 Å². The van der Waals surface area contributed by atoms with Gasteiger partial charge in [-0.2, -0.15) is 8.78 Å². The summed E-state index contributed by atoms with van der Waals surface area (Å²) < 4.78 is 55.4. The number of sulfonamides is 1. The van der Waals surface area contributed by atoms with E-state index in [0.717, 1.165) is 18.2 Å². The highest BCUT2D eigenvalue weighted by molar-refractivity contribution is 7.92. The number of nitrogen functional groups attached to an aromatic ring is 1. The minimum Gasteiger partial charge on any atom is -0.433 e. The van der Waals surface area contributed by atoms with E-state index < -0.39 is 16.6 Å². The monoisotopic (exact) mass is 416 g/mol. The van der Waals surface area contributed by atoms with Crippen LogP contribution in [0.4, 0.5) is 20.2 Å². The third kappa shape index (κ3) is 4.32. The summed E-state index contributed by atoms with van der Waals surface area (Å²) in [6, 6.07) is 5.60. The molecule has 2 aromatic rings. The van der Waals surface area contributed by atoms with Crippen molar-refractivity contribution in [2.75, 3.05) is 10.5 Å². The minimum atomic E-state index is -4.06. The zero-order valence-electron chi connectivity index (χ0n) is 11.6. The molecule has 0 atom stereocenters. The zero-order chi connectivity index (χ0) is 18.1. The lowest BCUT2D eigenvalue weighted by Crippen LogP contribution is -2.13. The first kappa shape index (κ1) is 18.9. The second-order valence-corrected chi connectivity index (χ2v) is 7.33. The molecule has 0 saturated carbocycles. The number of nitrogens with two attached hydrogens (primary N) is 1. The molecule has 0 saturated heterocycles. The molecule has 0 fully saturated rings. The average Bonchev–Trinajstić information content (AvgIpc) is 2.45. The summed E-state index contributed by atoms with van der Waals surface area (Å²) >= 11 is 17.4. The Morgan fingerprint density at radius 2 is 1.62 bits per heavy atom. The minimum absolute atomic E-state index is 0.0684. The fraction of sp³-hybridized carbons (Fsp3) is 0.0769. The Labute approximate surface area is 151 Å². The third-order valence-electron chi connectivity index (χ3n) is 2.76.